The Morgan fingerprint density at radius 3 is 2.43 bits per heavy atom. The van der Waals surface area contributed by atoms with E-state index in [0.29, 0.717) is 31.7 Å². The Morgan fingerprint density at radius 2 is 1.73 bits per heavy atom. The predicted molar refractivity (Wildman–Crippen MR) is 114 cm³/mol. The Bertz CT molecular complexity index is 1000. The molecule has 4 rings (SSSR count). The van der Waals surface area contributed by atoms with Crippen LogP contribution in [0.3, 0.4) is 0 Å². The molecular formula is C22H20FN3O3S. The molecule has 6 nitrogen and oxygen atoms in total. The molecule has 0 radical (unpaired) electrons. The summed E-state index contributed by atoms with van der Waals surface area (Å²) >= 11 is 0.766. The maximum atomic E-state index is 13.4. The minimum Gasteiger partial charge on any atom is -0.368 e. The van der Waals surface area contributed by atoms with Crippen molar-refractivity contribution in [2.45, 2.75) is 0 Å². The van der Waals surface area contributed by atoms with Crippen LogP contribution in [0.2, 0.25) is 0 Å². The average Bonchev–Trinajstić information content (AvgIpc) is 3.02. The summed E-state index contributed by atoms with van der Waals surface area (Å²) < 4.78 is 13.4. The van der Waals surface area contributed by atoms with Gasteiger partial charge in [-0.25, -0.2) is 4.39 Å². The minimum absolute atomic E-state index is 0.187. The van der Waals surface area contributed by atoms with Crippen LogP contribution < -0.4 is 4.90 Å². The van der Waals surface area contributed by atoms with Crippen molar-refractivity contribution in [3.05, 3.63) is 70.9 Å². The van der Waals surface area contributed by atoms with Crippen molar-refractivity contribution < 1.29 is 18.8 Å². The van der Waals surface area contributed by atoms with Crippen LogP contribution in [-0.2, 0) is 9.59 Å². The molecule has 2 heterocycles. The minimum atomic E-state index is -0.523. The first-order valence-electron chi connectivity index (χ1n) is 9.60. The number of carbonyl (C=O) groups is 3. The average molecular weight is 425 g/mol. The highest BCUT2D eigenvalue weighted by Gasteiger charge is 2.37. The zero-order chi connectivity index (χ0) is 21.1. The van der Waals surface area contributed by atoms with Crippen LogP contribution in [0.15, 0.2) is 59.5 Å². The van der Waals surface area contributed by atoms with Crippen LogP contribution in [0.25, 0.3) is 6.08 Å². The Labute approximate surface area is 177 Å². The fourth-order valence-corrected chi connectivity index (χ4v) is 4.31. The first-order valence-corrected chi connectivity index (χ1v) is 10.4. The lowest BCUT2D eigenvalue weighted by atomic mass is 10.2. The Morgan fingerprint density at radius 1 is 1.00 bits per heavy atom. The number of rotatable bonds is 4. The lowest BCUT2D eigenvalue weighted by Crippen LogP contribution is -2.51. The van der Waals surface area contributed by atoms with E-state index in [4.69, 9.17) is 0 Å². The lowest BCUT2D eigenvalue weighted by Gasteiger charge is -2.36. The van der Waals surface area contributed by atoms with E-state index in [9.17, 15) is 18.8 Å². The third-order valence-electron chi connectivity index (χ3n) is 5.07. The van der Waals surface area contributed by atoms with Crippen molar-refractivity contribution in [2.24, 2.45) is 0 Å². The van der Waals surface area contributed by atoms with Gasteiger partial charge in [0.05, 0.1) is 4.91 Å². The van der Waals surface area contributed by atoms with Crippen molar-refractivity contribution in [2.75, 3.05) is 37.6 Å². The number of hydrogen-bond donors (Lipinski definition) is 0. The summed E-state index contributed by atoms with van der Waals surface area (Å²) in [6.07, 6.45) is 1.47. The molecule has 0 unspecified atom stereocenters. The number of thioether (sulfide) groups is 1. The number of nitrogens with zero attached hydrogens (tertiary/aromatic N) is 3. The number of imide groups is 1. The van der Waals surface area contributed by atoms with Gasteiger partial charge in [0, 0.05) is 31.9 Å². The molecule has 0 bridgehead atoms. The molecule has 30 heavy (non-hydrogen) atoms. The normalized spacial score (nSPS) is 18.4. The summed E-state index contributed by atoms with van der Waals surface area (Å²) in [4.78, 5) is 42.6. The molecule has 0 atom stereocenters. The van der Waals surface area contributed by atoms with E-state index < -0.39 is 17.0 Å². The summed E-state index contributed by atoms with van der Waals surface area (Å²) in [6, 6.07) is 15.7. The second kappa shape index (κ2) is 8.71. The standard InChI is InChI=1S/C22H20FN3O3S/c23-17-6-4-5-16(13-17)14-19-21(28)26(22(29)30-19)15-20(27)25-11-9-24(10-12-25)18-7-2-1-3-8-18/h1-8,13-14H,9-12,15H2/b19-14+. The third kappa shape index (κ3) is 4.38. The maximum absolute atomic E-state index is 13.4. The molecule has 8 heteroatoms. The summed E-state index contributed by atoms with van der Waals surface area (Å²) in [5.74, 6) is -1.20. The van der Waals surface area contributed by atoms with Gasteiger partial charge in [-0.3, -0.25) is 19.3 Å². The van der Waals surface area contributed by atoms with Gasteiger partial charge in [-0.05, 0) is 47.7 Å². The van der Waals surface area contributed by atoms with Crippen LogP contribution in [0.5, 0.6) is 0 Å². The number of hydrogen-bond acceptors (Lipinski definition) is 5. The van der Waals surface area contributed by atoms with E-state index in [1.807, 2.05) is 30.3 Å². The van der Waals surface area contributed by atoms with Crippen molar-refractivity contribution >= 4 is 40.6 Å². The second-order valence-electron chi connectivity index (χ2n) is 7.03. The number of carbonyl (C=O) groups excluding carboxylic acids is 3. The molecule has 0 aromatic heterocycles. The van der Waals surface area contributed by atoms with Crippen LogP contribution in [-0.4, -0.2) is 59.6 Å². The molecule has 2 aromatic carbocycles. The topological polar surface area (TPSA) is 60.9 Å². The van der Waals surface area contributed by atoms with E-state index in [0.717, 1.165) is 22.3 Å². The van der Waals surface area contributed by atoms with Gasteiger partial charge in [-0.1, -0.05) is 30.3 Å². The lowest BCUT2D eigenvalue weighted by molar-refractivity contribution is -0.136. The van der Waals surface area contributed by atoms with Gasteiger partial charge in [0.2, 0.25) is 5.91 Å². The number of para-hydroxylation sites is 1. The fraction of sp³-hybridized carbons (Fsp3) is 0.227. The Hall–Kier alpha value is -3.13. The predicted octanol–water partition coefficient (Wildman–Crippen LogP) is 3.21. The van der Waals surface area contributed by atoms with E-state index in [2.05, 4.69) is 4.90 Å². The number of piperazine rings is 1. The van der Waals surface area contributed by atoms with Gasteiger partial charge in [0.1, 0.15) is 12.4 Å². The van der Waals surface area contributed by atoms with Gasteiger partial charge in [0.25, 0.3) is 11.1 Å². The maximum Gasteiger partial charge on any atom is 0.294 e. The summed E-state index contributed by atoms with van der Waals surface area (Å²) in [5.41, 5.74) is 1.60. The zero-order valence-corrected chi connectivity index (χ0v) is 17.0. The molecule has 2 aromatic rings. The summed E-state index contributed by atoms with van der Waals surface area (Å²) in [7, 11) is 0. The second-order valence-corrected chi connectivity index (χ2v) is 8.02. The van der Waals surface area contributed by atoms with Crippen molar-refractivity contribution in [1.82, 2.24) is 9.80 Å². The van der Waals surface area contributed by atoms with E-state index >= 15 is 0 Å². The molecule has 0 saturated carbocycles. The van der Waals surface area contributed by atoms with Gasteiger partial charge >= 0.3 is 0 Å². The molecule has 0 spiro atoms. The van der Waals surface area contributed by atoms with Gasteiger partial charge in [-0.2, -0.15) is 0 Å². The Kier molecular flexibility index (Phi) is 5.85. The first kappa shape index (κ1) is 20.2. The van der Waals surface area contributed by atoms with Gasteiger partial charge < -0.3 is 9.80 Å². The van der Waals surface area contributed by atoms with Crippen molar-refractivity contribution in [3.8, 4) is 0 Å². The largest absolute Gasteiger partial charge is 0.368 e. The highest BCUT2D eigenvalue weighted by molar-refractivity contribution is 8.18. The summed E-state index contributed by atoms with van der Waals surface area (Å²) in [5, 5.41) is -0.487. The van der Waals surface area contributed by atoms with E-state index in [1.165, 1.54) is 24.3 Å². The van der Waals surface area contributed by atoms with Crippen molar-refractivity contribution in [1.29, 1.82) is 0 Å². The van der Waals surface area contributed by atoms with Crippen LogP contribution in [0.4, 0.5) is 14.9 Å². The highest BCUT2D eigenvalue weighted by Crippen LogP contribution is 2.32. The molecule has 154 valence electrons. The molecule has 0 N–H and O–H groups in total. The van der Waals surface area contributed by atoms with Crippen LogP contribution in [0, 0.1) is 5.82 Å². The van der Waals surface area contributed by atoms with Crippen LogP contribution in [0.1, 0.15) is 5.56 Å². The van der Waals surface area contributed by atoms with Crippen LogP contribution >= 0.6 is 11.8 Å². The first-order chi connectivity index (χ1) is 14.5. The number of amides is 3. The number of halogens is 1. The Balaban J connectivity index is 1.37. The molecule has 0 aliphatic carbocycles. The quantitative estimate of drug-likeness (QED) is 0.704. The van der Waals surface area contributed by atoms with E-state index in [1.54, 1.807) is 11.0 Å². The molecular weight excluding hydrogens is 405 g/mol. The number of anilines is 1. The molecule has 2 aliphatic heterocycles. The molecule has 3 amide bonds. The number of benzene rings is 2. The molecule has 2 saturated heterocycles. The zero-order valence-electron chi connectivity index (χ0n) is 16.2. The smallest absolute Gasteiger partial charge is 0.294 e. The summed E-state index contributed by atoms with van der Waals surface area (Å²) in [6.45, 7) is 2.16. The van der Waals surface area contributed by atoms with E-state index in [-0.39, 0.29) is 17.4 Å². The highest BCUT2D eigenvalue weighted by atomic mass is 32.2. The van der Waals surface area contributed by atoms with Crippen molar-refractivity contribution in [3.63, 3.8) is 0 Å². The molecule has 2 aliphatic rings. The monoisotopic (exact) mass is 425 g/mol. The van der Waals surface area contributed by atoms with Gasteiger partial charge in [-0.15, -0.1) is 0 Å². The molecule has 2 fully saturated rings. The van der Waals surface area contributed by atoms with Gasteiger partial charge in [0.15, 0.2) is 0 Å². The fourth-order valence-electron chi connectivity index (χ4n) is 3.47. The SMILES string of the molecule is O=C(CN1C(=O)S/C(=C/c2cccc(F)c2)C1=O)N1CCN(c2ccccc2)CC1. The third-order valence-corrected chi connectivity index (χ3v) is 5.97.